The van der Waals surface area contributed by atoms with E-state index in [1.165, 1.54) is 0 Å². The molecule has 0 amide bonds. The molecule has 0 aromatic heterocycles. The van der Waals surface area contributed by atoms with Gasteiger partial charge in [-0.2, -0.15) is 101 Å². The number of rotatable bonds is 11. The van der Waals surface area contributed by atoms with E-state index in [9.17, 15) is 101 Å². The van der Waals surface area contributed by atoms with Gasteiger partial charge in [0, 0.05) is 6.42 Å². The molecule has 0 bridgehead atoms. The average molecular weight is 610 g/mol. The van der Waals surface area contributed by atoms with Crippen molar-refractivity contribution in [2.45, 2.75) is 72.6 Å². The lowest BCUT2D eigenvalue weighted by atomic mass is 9.85. The van der Waals surface area contributed by atoms with Gasteiger partial charge < -0.3 is 0 Å². The maximum absolute atomic E-state index is 13.5. The van der Waals surface area contributed by atoms with Gasteiger partial charge in [0.1, 0.15) is 0 Å². The Bertz CT molecular complexity index is 872. The molecule has 0 unspecified atom stereocenters. The summed E-state index contributed by atoms with van der Waals surface area (Å²) in [5.74, 6) is -90.8. The number of halogens is 23. The normalized spacial score (nSPS) is 16.2. The monoisotopic (exact) mass is 610 g/mol. The van der Waals surface area contributed by atoms with Gasteiger partial charge in [-0.1, -0.05) is 6.92 Å². The van der Waals surface area contributed by atoms with E-state index in [4.69, 9.17) is 0 Å². The largest absolute Gasteiger partial charge is 0.385 e. The highest BCUT2D eigenvalue weighted by atomic mass is 19.4. The summed E-state index contributed by atoms with van der Waals surface area (Å²) in [5.41, 5.74) is 0. The number of hydrogen-bond donors (Lipinski definition) is 0. The van der Waals surface area contributed by atoms with Crippen molar-refractivity contribution in [1.29, 1.82) is 0 Å². The van der Waals surface area contributed by atoms with Crippen LogP contribution in [-0.2, 0) is 0 Å². The molecule has 37 heavy (non-hydrogen) atoms. The lowest BCUT2D eigenvalue weighted by Crippen LogP contribution is -2.77. The Labute approximate surface area is 187 Å². The minimum absolute atomic E-state index is 0.236. The Morgan fingerprint density at radius 1 is 0.378 bits per heavy atom. The van der Waals surface area contributed by atoms with Crippen LogP contribution in [0.2, 0.25) is 0 Å². The second kappa shape index (κ2) is 8.83. The molecule has 0 spiro atoms. The van der Waals surface area contributed by atoms with Crippen LogP contribution < -0.4 is 0 Å². The van der Waals surface area contributed by atoms with E-state index in [0.29, 0.717) is 0 Å². The van der Waals surface area contributed by atoms with Crippen molar-refractivity contribution in [3.63, 3.8) is 0 Å². The van der Waals surface area contributed by atoms with Gasteiger partial charge in [0.15, 0.2) is 0 Å². The molecule has 0 aliphatic carbocycles. The predicted molar refractivity (Wildman–Crippen MR) is 70.1 cm³/mol. The van der Waals surface area contributed by atoms with Gasteiger partial charge >= 0.3 is 65.3 Å². The maximum Gasteiger partial charge on any atom is 0.385 e. The minimum atomic E-state index is -9.30. The molecule has 0 radical (unpaired) electrons. The highest BCUT2D eigenvalue weighted by Gasteiger charge is 2.97. The first-order valence-corrected chi connectivity index (χ1v) is 8.16. The fourth-order valence-corrected chi connectivity index (χ4v) is 2.09. The molecule has 0 fully saturated rings. The smallest absolute Gasteiger partial charge is 0.200 e. The predicted octanol–water partition coefficient (Wildman–Crippen LogP) is 8.83. The Hall–Kier alpha value is -1.87. The van der Waals surface area contributed by atoms with Crippen molar-refractivity contribution >= 4 is 0 Å². The van der Waals surface area contributed by atoms with Crippen LogP contribution in [0.15, 0.2) is 11.9 Å². The molecule has 0 aliphatic heterocycles. The third-order valence-corrected chi connectivity index (χ3v) is 4.50. The van der Waals surface area contributed by atoms with Gasteiger partial charge in [-0.3, -0.25) is 0 Å². The standard InChI is InChI=1S/C14H5F23/c1-2-5(18,19)7(22,23)9(26,27)11(30,31)13(34,35)14(36,37)12(32,33)10(28,29)8(24,25)6(20,21)3(15)4(16)17/h2H2,1H3. The van der Waals surface area contributed by atoms with E-state index in [2.05, 4.69) is 0 Å². The summed E-state index contributed by atoms with van der Waals surface area (Å²) in [6, 6.07) is 0. The van der Waals surface area contributed by atoms with Crippen molar-refractivity contribution in [1.82, 2.24) is 0 Å². The fourth-order valence-electron chi connectivity index (χ4n) is 2.09. The molecule has 0 rings (SSSR count). The summed E-state index contributed by atoms with van der Waals surface area (Å²) in [7, 11) is 0. The molecular formula is C14H5F23. The average Bonchev–Trinajstić information content (AvgIpc) is 2.71. The topological polar surface area (TPSA) is 0 Å². The molecule has 0 aliphatic rings. The zero-order valence-corrected chi connectivity index (χ0v) is 16.4. The van der Waals surface area contributed by atoms with Crippen molar-refractivity contribution in [3.05, 3.63) is 11.9 Å². The zero-order chi connectivity index (χ0) is 30.9. The highest BCUT2D eigenvalue weighted by Crippen LogP contribution is 2.66. The van der Waals surface area contributed by atoms with Gasteiger partial charge in [0.05, 0.1) is 0 Å². The van der Waals surface area contributed by atoms with Crippen LogP contribution in [0, 0.1) is 0 Å². The number of hydrogen-bond acceptors (Lipinski definition) is 0. The van der Waals surface area contributed by atoms with Crippen LogP contribution in [0.5, 0.6) is 0 Å². The lowest BCUT2D eigenvalue weighted by Gasteiger charge is -2.45. The van der Waals surface area contributed by atoms with Crippen molar-refractivity contribution < 1.29 is 101 Å². The van der Waals surface area contributed by atoms with Crippen molar-refractivity contribution in [2.75, 3.05) is 0 Å². The maximum atomic E-state index is 13.5. The van der Waals surface area contributed by atoms with E-state index >= 15 is 0 Å². The van der Waals surface area contributed by atoms with Crippen molar-refractivity contribution in [2.24, 2.45) is 0 Å². The van der Waals surface area contributed by atoms with Gasteiger partial charge in [-0.05, 0) is 0 Å². The summed E-state index contributed by atoms with van der Waals surface area (Å²) in [6.45, 7) is -0.236. The zero-order valence-electron chi connectivity index (χ0n) is 16.4. The molecule has 0 saturated carbocycles. The van der Waals surface area contributed by atoms with Crippen molar-refractivity contribution in [3.8, 4) is 0 Å². The van der Waals surface area contributed by atoms with E-state index in [1.807, 2.05) is 0 Å². The Morgan fingerprint density at radius 2 is 0.595 bits per heavy atom. The number of allylic oxidation sites excluding steroid dienone is 1. The van der Waals surface area contributed by atoms with E-state index < -0.39 is 77.6 Å². The van der Waals surface area contributed by atoms with Gasteiger partial charge in [0.25, 0.3) is 0 Å². The quantitative estimate of drug-likeness (QED) is 0.205. The van der Waals surface area contributed by atoms with Gasteiger partial charge in [-0.15, -0.1) is 0 Å². The Kier molecular flexibility index (Phi) is 8.38. The molecule has 0 heterocycles. The molecule has 0 aromatic carbocycles. The second-order valence-electron chi connectivity index (χ2n) is 6.80. The minimum Gasteiger partial charge on any atom is -0.200 e. The lowest BCUT2D eigenvalue weighted by molar-refractivity contribution is -0.468. The molecule has 0 saturated heterocycles. The molecular weight excluding hydrogens is 605 g/mol. The third kappa shape index (κ3) is 4.15. The molecule has 0 nitrogen and oxygen atoms in total. The van der Waals surface area contributed by atoms with Gasteiger partial charge in [0.2, 0.25) is 5.83 Å². The SMILES string of the molecule is CCC(F)(F)C(F)(F)C(F)(F)C(F)(F)C(F)(F)C(F)(F)C(F)(F)C(F)(F)C(F)(F)C(F)(F)C(F)=C(F)F. The molecule has 0 atom stereocenters. The van der Waals surface area contributed by atoms with E-state index in [0.717, 1.165) is 0 Å². The first-order chi connectivity index (χ1) is 15.7. The van der Waals surface area contributed by atoms with Crippen LogP contribution in [0.25, 0.3) is 0 Å². The summed E-state index contributed by atoms with van der Waals surface area (Å²) >= 11 is 0. The van der Waals surface area contributed by atoms with Crippen LogP contribution in [-0.4, -0.2) is 59.2 Å². The highest BCUT2D eigenvalue weighted by molar-refractivity contribution is 5.22. The van der Waals surface area contributed by atoms with Crippen LogP contribution in [0.1, 0.15) is 13.3 Å². The Balaban J connectivity index is 7.23. The molecule has 0 aromatic rings. The van der Waals surface area contributed by atoms with E-state index in [1.54, 1.807) is 0 Å². The first-order valence-electron chi connectivity index (χ1n) is 8.16. The Morgan fingerprint density at radius 3 is 0.811 bits per heavy atom. The summed E-state index contributed by atoms with van der Waals surface area (Å²) in [5, 5.41) is 0. The molecule has 0 N–H and O–H groups in total. The van der Waals surface area contributed by atoms with Crippen LogP contribution in [0.3, 0.4) is 0 Å². The van der Waals surface area contributed by atoms with Crippen LogP contribution in [0.4, 0.5) is 101 Å². The third-order valence-electron chi connectivity index (χ3n) is 4.50. The number of alkyl halides is 20. The summed E-state index contributed by atoms with van der Waals surface area (Å²) in [4.78, 5) is 0. The summed E-state index contributed by atoms with van der Waals surface area (Å²) < 4.78 is 302. The fraction of sp³-hybridized carbons (Fsp3) is 0.857. The van der Waals surface area contributed by atoms with Crippen LogP contribution >= 0.6 is 0 Å². The van der Waals surface area contributed by atoms with Gasteiger partial charge in [-0.25, -0.2) is 0 Å². The molecule has 222 valence electrons. The summed E-state index contributed by atoms with van der Waals surface area (Å²) in [6.07, 6.45) is -7.42. The molecule has 23 heteroatoms. The first kappa shape index (κ1) is 35.1. The second-order valence-corrected chi connectivity index (χ2v) is 6.80. The van der Waals surface area contributed by atoms with E-state index in [-0.39, 0.29) is 6.92 Å².